The molecule has 0 bridgehead atoms. The van der Waals surface area contributed by atoms with Gasteiger partial charge in [-0.15, -0.1) is 0 Å². The summed E-state index contributed by atoms with van der Waals surface area (Å²) < 4.78 is 15.3. The van der Waals surface area contributed by atoms with E-state index in [-0.39, 0.29) is 25.2 Å². The maximum atomic E-state index is 11.8. The summed E-state index contributed by atoms with van der Waals surface area (Å²) >= 11 is 0. The Morgan fingerprint density at radius 2 is 1.75 bits per heavy atom. The minimum Gasteiger partial charge on any atom is -0.462 e. The molecule has 0 aromatic rings. The van der Waals surface area contributed by atoms with Crippen molar-refractivity contribution in [2.24, 2.45) is 5.92 Å². The third-order valence-electron chi connectivity index (χ3n) is 2.83. The fourth-order valence-electron chi connectivity index (χ4n) is 1.88. The first kappa shape index (κ1) is 18.9. The van der Waals surface area contributed by atoms with E-state index >= 15 is 0 Å². The van der Waals surface area contributed by atoms with E-state index in [9.17, 15) is 9.59 Å². The zero-order chi connectivity index (χ0) is 15.4. The summed E-state index contributed by atoms with van der Waals surface area (Å²) in [7, 11) is 1.52. The Hall–Kier alpha value is -1.10. The van der Waals surface area contributed by atoms with Gasteiger partial charge in [-0.3, -0.25) is 9.59 Å². The molecule has 0 saturated heterocycles. The van der Waals surface area contributed by atoms with Crippen LogP contribution in [0.1, 0.15) is 52.9 Å². The SMILES string of the molecule is CCCC(=O)OCC(COC)OC(=O)CC(C)CCC. The van der Waals surface area contributed by atoms with E-state index < -0.39 is 6.10 Å². The monoisotopic (exact) mass is 288 g/mol. The molecule has 0 aromatic heterocycles. The van der Waals surface area contributed by atoms with Gasteiger partial charge in [-0.25, -0.2) is 0 Å². The first-order chi connectivity index (χ1) is 9.53. The second-order valence-corrected chi connectivity index (χ2v) is 5.10. The largest absolute Gasteiger partial charge is 0.462 e. The van der Waals surface area contributed by atoms with Crippen molar-refractivity contribution >= 4 is 11.9 Å². The molecule has 0 amide bonds. The Kier molecular flexibility index (Phi) is 11.1. The molecule has 2 atom stereocenters. The summed E-state index contributed by atoms with van der Waals surface area (Å²) in [5.41, 5.74) is 0. The number of rotatable bonds is 11. The molecule has 0 aliphatic rings. The minimum absolute atomic E-state index is 0.0561. The number of hydrogen-bond acceptors (Lipinski definition) is 5. The van der Waals surface area contributed by atoms with Gasteiger partial charge in [-0.2, -0.15) is 0 Å². The van der Waals surface area contributed by atoms with E-state index in [1.165, 1.54) is 7.11 Å². The molecular formula is C15H28O5. The van der Waals surface area contributed by atoms with Crippen LogP contribution in [0, 0.1) is 5.92 Å². The molecule has 2 unspecified atom stereocenters. The highest BCUT2D eigenvalue weighted by atomic mass is 16.6. The summed E-state index contributed by atoms with van der Waals surface area (Å²) in [6.45, 7) is 6.30. The molecule has 0 N–H and O–H groups in total. The molecule has 0 aliphatic heterocycles. The normalized spacial score (nSPS) is 13.6. The Labute approximate surface area is 122 Å². The third-order valence-corrected chi connectivity index (χ3v) is 2.83. The summed E-state index contributed by atoms with van der Waals surface area (Å²) in [6.07, 6.45) is 3.02. The van der Waals surface area contributed by atoms with Crippen LogP contribution in [0.2, 0.25) is 0 Å². The van der Waals surface area contributed by atoms with E-state index in [4.69, 9.17) is 14.2 Å². The van der Waals surface area contributed by atoms with E-state index in [1.54, 1.807) is 0 Å². The van der Waals surface area contributed by atoms with E-state index in [2.05, 4.69) is 6.92 Å². The van der Waals surface area contributed by atoms with Crippen molar-refractivity contribution in [2.75, 3.05) is 20.3 Å². The van der Waals surface area contributed by atoms with Gasteiger partial charge in [0.25, 0.3) is 0 Å². The van der Waals surface area contributed by atoms with Crippen LogP contribution in [0.3, 0.4) is 0 Å². The molecule has 0 rings (SSSR count). The average molecular weight is 288 g/mol. The van der Waals surface area contributed by atoms with E-state index in [0.29, 0.717) is 18.8 Å². The maximum Gasteiger partial charge on any atom is 0.306 e. The van der Waals surface area contributed by atoms with E-state index in [0.717, 1.165) is 19.3 Å². The van der Waals surface area contributed by atoms with Crippen molar-refractivity contribution in [3.63, 3.8) is 0 Å². The molecule has 20 heavy (non-hydrogen) atoms. The lowest BCUT2D eigenvalue weighted by Crippen LogP contribution is -2.29. The molecule has 0 aromatic carbocycles. The molecule has 0 spiro atoms. The second-order valence-electron chi connectivity index (χ2n) is 5.10. The Morgan fingerprint density at radius 3 is 2.30 bits per heavy atom. The first-order valence-corrected chi connectivity index (χ1v) is 7.37. The smallest absolute Gasteiger partial charge is 0.306 e. The highest BCUT2D eigenvalue weighted by molar-refractivity contribution is 5.70. The maximum absolute atomic E-state index is 11.8. The van der Waals surface area contributed by atoms with Crippen LogP contribution in [0.15, 0.2) is 0 Å². The third kappa shape index (κ3) is 9.78. The molecule has 0 saturated carbocycles. The van der Waals surface area contributed by atoms with Gasteiger partial charge in [0.1, 0.15) is 6.61 Å². The van der Waals surface area contributed by atoms with Gasteiger partial charge in [-0.1, -0.05) is 33.6 Å². The highest BCUT2D eigenvalue weighted by Gasteiger charge is 2.18. The van der Waals surface area contributed by atoms with Gasteiger partial charge in [0, 0.05) is 20.0 Å². The quantitative estimate of drug-likeness (QED) is 0.547. The van der Waals surface area contributed by atoms with Crippen molar-refractivity contribution in [3.05, 3.63) is 0 Å². The molecule has 0 fully saturated rings. The van der Waals surface area contributed by atoms with Crippen molar-refractivity contribution < 1.29 is 23.8 Å². The lowest BCUT2D eigenvalue weighted by molar-refractivity contribution is -0.162. The minimum atomic E-state index is -0.526. The van der Waals surface area contributed by atoms with Crippen LogP contribution in [0.25, 0.3) is 0 Å². The number of methoxy groups -OCH3 is 1. The predicted molar refractivity (Wildman–Crippen MR) is 76.3 cm³/mol. The summed E-state index contributed by atoms with van der Waals surface area (Å²) in [5.74, 6) is -0.234. The van der Waals surface area contributed by atoms with Gasteiger partial charge < -0.3 is 14.2 Å². The average Bonchev–Trinajstić information content (AvgIpc) is 2.36. The van der Waals surface area contributed by atoms with Crippen LogP contribution < -0.4 is 0 Å². The molecule has 5 heteroatoms. The molecule has 118 valence electrons. The Morgan fingerprint density at radius 1 is 1.05 bits per heavy atom. The van der Waals surface area contributed by atoms with Gasteiger partial charge >= 0.3 is 11.9 Å². The van der Waals surface area contributed by atoms with Crippen LogP contribution in [-0.4, -0.2) is 38.4 Å². The first-order valence-electron chi connectivity index (χ1n) is 7.37. The van der Waals surface area contributed by atoms with Crippen LogP contribution in [0.4, 0.5) is 0 Å². The fourth-order valence-corrected chi connectivity index (χ4v) is 1.88. The number of esters is 2. The lowest BCUT2D eigenvalue weighted by atomic mass is 10.0. The molecule has 0 radical (unpaired) electrons. The number of carbonyl (C=O) groups is 2. The van der Waals surface area contributed by atoms with Gasteiger partial charge in [0.15, 0.2) is 6.10 Å². The lowest BCUT2D eigenvalue weighted by Gasteiger charge is -2.18. The number of carbonyl (C=O) groups excluding carboxylic acids is 2. The van der Waals surface area contributed by atoms with Gasteiger partial charge in [0.2, 0.25) is 0 Å². The van der Waals surface area contributed by atoms with Crippen LogP contribution >= 0.6 is 0 Å². The molecule has 0 heterocycles. The fraction of sp³-hybridized carbons (Fsp3) is 0.867. The Balaban J connectivity index is 4.11. The Bertz CT molecular complexity index is 277. The number of ether oxygens (including phenoxy) is 3. The van der Waals surface area contributed by atoms with Crippen LogP contribution in [0.5, 0.6) is 0 Å². The predicted octanol–water partition coefficient (Wildman–Crippen LogP) is 2.71. The summed E-state index contributed by atoms with van der Waals surface area (Å²) in [4.78, 5) is 23.1. The van der Waals surface area contributed by atoms with E-state index in [1.807, 2.05) is 13.8 Å². The van der Waals surface area contributed by atoms with Crippen molar-refractivity contribution in [1.29, 1.82) is 0 Å². The van der Waals surface area contributed by atoms with Crippen LogP contribution in [-0.2, 0) is 23.8 Å². The molecule has 0 aliphatic carbocycles. The molecule has 5 nitrogen and oxygen atoms in total. The van der Waals surface area contributed by atoms with Gasteiger partial charge in [0.05, 0.1) is 6.61 Å². The topological polar surface area (TPSA) is 61.8 Å². The second kappa shape index (κ2) is 11.7. The highest BCUT2D eigenvalue weighted by Crippen LogP contribution is 2.11. The summed E-state index contributed by atoms with van der Waals surface area (Å²) in [5, 5.41) is 0. The van der Waals surface area contributed by atoms with Crippen molar-refractivity contribution in [3.8, 4) is 0 Å². The zero-order valence-corrected chi connectivity index (χ0v) is 13.1. The molecular weight excluding hydrogens is 260 g/mol. The zero-order valence-electron chi connectivity index (χ0n) is 13.1. The standard InChI is InChI=1S/C15H28O5/c1-5-7-12(3)9-15(17)20-13(10-18-4)11-19-14(16)8-6-2/h12-13H,5-11H2,1-4H3. The van der Waals surface area contributed by atoms with Crippen molar-refractivity contribution in [1.82, 2.24) is 0 Å². The summed E-state index contributed by atoms with van der Waals surface area (Å²) in [6, 6.07) is 0. The number of hydrogen-bond donors (Lipinski definition) is 0. The van der Waals surface area contributed by atoms with Crippen molar-refractivity contribution in [2.45, 2.75) is 59.0 Å². The van der Waals surface area contributed by atoms with Gasteiger partial charge in [-0.05, 0) is 12.3 Å².